The van der Waals surface area contributed by atoms with Gasteiger partial charge in [0.1, 0.15) is 11.4 Å². The van der Waals surface area contributed by atoms with E-state index in [0.717, 1.165) is 0 Å². The third-order valence-electron chi connectivity index (χ3n) is 2.16. The Morgan fingerprint density at radius 1 is 1.43 bits per heavy atom. The van der Waals surface area contributed by atoms with E-state index in [4.69, 9.17) is 11.5 Å². The molecule has 1 aromatic carbocycles. The molecular formula is C10H14N2O2. The number of para-hydroxylation sites is 1. The normalized spacial score (nSPS) is 11.4. The maximum atomic E-state index is 11.7. The van der Waals surface area contributed by atoms with Crippen molar-refractivity contribution >= 4 is 5.78 Å². The Hall–Kier alpha value is -1.39. The molecule has 4 heteroatoms. The number of aromatic hydroxyl groups is 1. The molecule has 14 heavy (non-hydrogen) atoms. The van der Waals surface area contributed by atoms with Crippen molar-refractivity contribution in [2.24, 2.45) is 11.5 Å². The number of phenolic OH excluding ortho intramolecular Hbond substituents is 1. The summed E-state index contributed by atoms with van der Waals surface area (Å²) in [6, 6.07) is 6.21. The number of phenols is 1. The second kappa shape index (κ2) is 3.77. The van der Waals surface area contributed by atoms with Gasteiger partial charge in [0.05, 0.1) is 5.56 Å². The largest absolute Gasteiger partial charge is 0.507 e. The molecule has 0 saturated carbocycles. The molecular weight excluding hydrogens is 180 g/mol. The maximum absolute atomic E-state index is 11.7. The van der Waals surface area contributed by atoms with Crippen LogP contribution in [0.5, 0.6) is 5.75 Å². The molecule has 0 bridgehead atoms. The summed E-state index contributed by atoms with van der Waals surface area (Å²) in [6.45, 7) is 1.72. The molecule has 0 radical (unpaired) electrons. The van der Waals surface area contributed by atoms with Crippen molar-refractivity contribution in [3.8, 4) is 5.75 Å². The molecule has 0 atom stereocenters. The van der Waals surface area contributed by atoms with Crippen LogP contribution in [0.2, 0.25) is 0 Å². The summed E-state index contributed by atoms with van der Waals surface area (Å²) in [5, 5.41) is 9.41. The van der Waals surface area contributed by atoms with Gasteiger partial charge in [-0.15, -0.1) is 0 Å². The lowest BCUT2D eigenvalue weighted by atomic mass is 9.96. The van der Waals surface area contributed by atoms with Crippen molar-refractivity contribution in [2.75, 3.05) is 0 Å². The first-order chi connectivity index (χ1) is 6.49. The van der Waals surface area contributed by atoms with Crippen LogP contribution in [-0.4, -0.2) is 16.6 Å². The zero-order valence-electron chi connectivity index (χ0n) is 8.03. The molecule has 5 N–H and O–H groups in total. The number of hydrogen-bond donors (Lipinski definition) is 3. The van der Waals surface area contributed by atoms with Gasteiger partial charge in [-0.3, -0.25) is 4.79 Å². The van der Waals surface area contributed by atoms with E-state index in [0.29, 0.717) is 6.42 Å². The van der Waals surface area contributed by atoms with Crippen LogP contribution in [0, 0.1) is 0 Å². The molecule has 0 heterocycles. The highest BCUT2D eigenvalue weighted by atomic mass is 16.3. The van der Waals surface area contributed by atoms with E-state index in [1.165, 1.54) is 12.1 Å². The van der Waals surface area contributed by atoms with Gasteiger partial charge < -0.3 is 16.6 Å². The Labute approximate surface area is 82.5 Å². The van der Waals surface area contributed by atoms with E-state index in [2.05, 4.69) is 0 Å². The number of hydrogen-bond acceptors (Lipinski definition) is 4. The minimum absolute atomic E-state index is 0.0915. The van der Waals surface area contributed by atoms with Crippen LogP contribution in [-0.2, 0) is 0 Å². The van der Waals surface area contributed by atoms with Crippen molar-refractivity contribution < 1.29 is 9.90 Å². The quantitative estimate of drug-likeness (QED) is 0.485. The molecule has 0 unspecified atom stereocenters. The van der Waals surface area contributed by atoms with E-state index >= 15 is 0 Å². The monoisotopic (exact) mass is 194 g/mol. The van der Waals surface area contributed by atoms with Crippen LogP contribution in [0.1, 0.15) is 23.7 Å². The summed E-state index contributed by atoms with van der Waals surface area (Å²) < 4.78 is 0. The Kier molecular flexibility index (Phi) is 2.88. The second-order valence-corrected chi connectivity index (χ2v) is 3.24. The van der Waals surface area contributed by atoms with Crippen molar-refractivity contribution in [1.82, 2.24) is 0 Å². The zero-order chi connectivity index (χ0) is 10.8. The zero-order valence-corrected chi connectivity index (χ0v) is 8.03. The molecule has 0 aromatic heterocycles. The molecule has 0 fully saturated rings. The van der Waals surface area contributed by atoms with Gasteiger partial charge in [0.2, 0.25) is 5.78 Å². The summed E-state index contributed by atoms with van der Waals surface area (Å²) in [5.74, 6) is -0.538. The lowest BCUT2D eigenvalue weighted by Crippen LogP contribution is -2.55. The van der Waals surface area contributed by atoms with Gasteiger partial charge in [-0.05, 0) is 18.6 Å². The van der Waals surface area contributed by atoms with E-state index in [-0.39, 0.29) is 11.3 Å². The summed E-state index contributed by atoms with van der Waals surface area (Å²) in [4.78, 5) is 11.7. The van der Waals surface area contributed by atoms with Gasteiger partial charge in [-0.1, -0.05) is 19.1 Å². The minimum atomic E-state index is -1.40. The number of rotatable bonds is 3. The summed E-state index contributed by atoms with van der Waals surface area (Å²) in [6.07, 6.45) is 0.320. The van der Waals surface area contributed by atoms with Crippen LogP contribution in [0.25, 0.3) is 0 Å². The predicted molar refractivity (Wildman–Crippen MR) is 53.8 cm³/mol. The second-order valence-electron chi connectivity index (χ2n) is 3.24. The van der Waals surface area contributed by atoms with E-state index in [1.54, 1.807) is 19.1 Å². The number of nitrogens with two attached hydrogens (primary N) is 2. The van der Waals surface area contributed by atoms with Gasteiger partial charge in [0, 0.05) is 0 Å². The van der Waals surface area contributed by atoms with Gasteiger partial charge in [0.25, 0.3) is 0 Å². The number of Topliss-reactive ketones (excluding diaryl/α,β-unsaturated/α-hetero) is 1. The number of benzene rings is 1. The van der Waals surface area contributed by atoms with E-state index in [1.807, 2.05) is 0 Å². The minimum Gasteiger partial charge on any atom is -0.507 e. The van der Waals surface area contributed by atoms with Crippen molar-refractivity contribution in [2.45, 2.75) is 19.0 Å². The molecule has 0 aliphatic heterocycles. The topological polar surface area (TPSA) is 89.3 Å². The average Bonchev–Trinajstić information content (AvgIpc) is 2.17. The number of ketones is 1. The smallest absolute Gasteiger partial charge is 0.200 e. The van der Waals surface area contributed by atoms with Gasteiger partial charge in [0.15, 0.2) is 0 Å². The molecule has 0 aliphatic rings. The van der Waals surface area contributed by atoms with E-state index < -0.39 is 11.4 Å². The van der Waals surface area contributed by atoms with Gasteiger partial charge in [-0.25, -0.2) is 0 Å². The van der Waals surface area contributed by atoms with Crippen LogP contribution >= 0.6 is 0 Å². The Bertz CT molecular complexity index is 348. The van der Waals surface area contributed by atoms with Crippen molar-refractivity contribution in [3.05, 3.63) is 29.8 Å². The molecule has 1 aromatic rings. The fourth-order valence-corrected chi connectivity index (χ4v) is 1.08. The lowest BCUT2D eigenvalue weighted by molar-refractivity contribution is 0.0885. The van der Waals surface area contributed by atoms with Crippen molar-refractivity contribution in [1.29, 1.82) is 0 Å². The van der Waals surface area contributed by atoms with Gasteiger partial charge >= 0.3 is 0 Å². The molecule has 0 spiro atoms. The Balaban J connectivity index is 3.07. The third kappa shape index (κ3) is 1.92. The SMILES string of the molecule is CCC(N)(N)C(=O)c1ccccc1O. The maximum Gasteiger partial charge on any atom is 0.200 e. The van der Waals surface area contributed by atoms with Gasteiger partial charge in [-0.2, -0.15) is 0 Å². The first kappa shape index (κ1) is 10.7. The highest BCUT2D eigenvalue weighted by molar-refractivity contribution is 6.04. The lowest BCUT2D eigenvalue weighted by Gasteiger charge is -2.21. The number of carbonyl (C=O) groups is 1. The third-order valence-corrected chi connectivity index (χ3v) is 2.16. The highest BCUT2D eigenvalue weighted by Gasteiger charge is 2.29. The Morgan fingerprint density at radius 2 is 2.00 bits per heavy atom. The van der Waals surface area contributed by atoms with Crippen LogP contribution in [0.3, 0.4) is 0 Å². The summed E-state index contributed by atoms with van der Waals surface area (Å²) in [5.41, 5.74) is 9.92. The summed E-state index contributed by atoms with van der Waals surface area (Å²) in [7, 11) is 0. The summed E-state index contributed by atoms with van der Waals surface area (Å²) >= 11 is 0. The molecule has 4 nitrogen and oxygen atoms in total. The van der Waals surface area contributed by atoms with Crippen LogP contribution in [0.4, 0.5) is 0 Å². The first-order valence-electron chi connectivity index (χ1n) is 4.39. The molecule has 1 rings (SSSR count). The Morgan fingerprint density at radius 3 is 2.50 bits per heavy atom. The molecule has 0 amide bonds. The predicted octanol–water partition coefficient (Wildman–Crippen LogP) is 0.599. The van der Waals surface area contributed by atoms with E-state index in [9.17, 15) is 9.90 Å². The fraction of sp³-hybridized carbons (Fsp3) is 0.300. The fourth-order valence-electron chi connectivity index (χ4n) is 1.08. The number of carbonyl (C=O) groups excluding carboxylic acids is 1. The molecule has 76 valence electrons. The standard InChI is InChI=1S/C10H14N2O2/c1-2-10(11,12)9(14)7-5-3-4-6-8(7)13/h3-6,13H,2,11-12H2,1H3. The highest BCUT2D eigenvalue weighted by Crippen LogP contribution is 2.19. The first-order valence-corrected chi connectivity index (χ1v) is 4.39. The molecule has 0 saturated heterocycles. The van der Waals surface area contributed by atoms with Crippen LogP contribution in [0.15, 0.2) is 24.3 Å². The van der Waals surface area contributed by atoms with Crippen LogP contribution < -0.4 is 11.5 Å². The average molecular weight is 194 g/mol. The van der Waals surface area contributed by atoms with Crippen molar-refractivity contribution in [3.63, 3.8) is 0 Å². The molecule has 0 aliphatic carbocycles.